The van der Waals surface area contributed by atoms with Gasteiger partial charge in [-0.1, -0.05) is 20.8 Å². The molecule has 0 aromatic carbocycles. The Labute approximate surface area is 68.8 Å². The standard InChI is InChI=1S/C10H18O/c1-9(2)7-4-5-10(3,6-7)8(9)11/h7-8,11H,4-6H2,1-3H3/t7-,8-,10-/m0/s1. The second kappa shape index (κ2) is 1.82. The highest BCUT2D eigenvalue weighted by Gasteiger charge is 2.58. The zero-order valence-corrected chi connectivity index (χ0v) is 7.72. The van der Waals surface area contributed by atoms with Crippen LogP contribution in [0.1, 0.15) is 40.0 Å². The fraction of sp³-hybridized carbons (Fsp3) is 1.00. The van der Waals surface area contributed by atoms with Crippen molar-refractivity contribution in [2.45, 2.75) is 46.1 Å². The van der Waals surface area contributed by atoms with E-state index < -0.39 is 0 Å². The third kappa shape index (κ3) is 0.752. The molecule has 0 unspecified atom stereocenters. The number of aliphatic hydroxyl groups is 1. The molecule has 1 nitrogen and oxygen atoms in total. The van der Waals surface area contributed by atoms with Crippen LogP contribution in [0.4, 0.5) is 0 Å². The van der Waals surface area contributed by atoms with Crippen molar-refractivity contribution < 1.29 is 5.11 Å². The van der Waals surface area contributed by atoms with Gasteiger partial charge in [-0.2, -0.15) is 0 Å². The SMILES string of the molecule is CC1(C)[C@H]2CC[C@@](C)(C2)[C@H]1O. The van der Waals surface area contributed by atoms with Crippen LogP contribution in [0.25, 0.3) is 0 Å². The van der Waals surface area contributed by atoms with Crippen molar-refractivity contribution in [3.63, 3.8) is 0 Å². The van der Waals surface area contributed by atoms with Crippen LogP contribution in [-0.2, 0) is 0 Å². The molecule has 1 N–H and O–H groups in total. The Balaban J connectivity index is 2.34. The van der Waals surface area contributed by atoms with E-state index in [1.54, 1.807) is 0 Å². The van der Waals surface area contributed by atoms with Crippen LogP contribution in [0.15, 0.2) is 0 Å². The molecule has 2 rings (SSSR count). The topological polar surface area (TPSA) is 20.2 Å². The fourth-order valence-electron chi connectivity index (χ4n) is 3.28. The Morgan fingerprint density at radius 1 is 1.27 bits per heavy atom. The molecule has 2 fully saturated rings. The minimum absolute atomic E-state index is 0.0613. The first kappa shape index (κ1) is 7.60. The molecule has 0 spiro atoms. The van der Waals surface area contributed by atoms with E-state index in [9.17, 15) is 5.11 Å². The predicted molar refractivity (Wildman–Crippen MR) is 45.2 cm³/mol. The summed E-state index contributed by atoms with van der Waals surface area (Å²) >= 11 is 0. The highest BCUT2D eigenvalue weighted by molar-refractivity contribution is 5.08. The zero-order chi connectivity index (χ0) is 8.28. The first-order chi connectivity index (χ1) is 4.97. The van der Waals surface area contributed by atoms with Gasteiger partial charge in [-0.15, -0.1) is 0 Å². The van der Waals surface area contributed by atoms with E-state index in [4.69, 9.17) is 0 Å². The van der Waals surface area contributed by atoms with Crippen LogP contribution >= 0.6 is 0 Å². The molecular formula is C10H18O. The molecule has 0 aromatic rings. The average Bonchev–Trinajstić information content (AvgIpc) is 2.36. The van der Waals surface area contributed by atoms with Gasteiger partial charge in [0, 0.05) is 0 Å². The monoisotopic (exact) mass is 154 g/mol. The van der Waals surface area contributed by atoms with Crippen LogP contribution in [0, 0.1) is 16.7 Å². The van der Waals surface area contributed by atoms with Crippen molar-refractivity contribution in [2.75, 3.05) is 0 Å². The van der Waals surface area contributed by atoms with Crippen molar-refractivity contribution in [1.82, 2.24) is 0 Å². The Morgan fingerprint density at radius 3 is 2.18 bits per heavy atom. The van der Waals surface area contributed by atoms with Gasteiger partial charge in [0.15, 0.2) is 0 Å². The van der Waals surface area contributed by atoms with E-state index in [1.165, 1.54) is 19.3 Å². The van der Waals surface area contributed by atoms with Crippen molar-refractivity contribution in [1.29, 1.82) is 0 Å². The summed E-state index contributed by atoms with van der Waals surface area (Å²) in [7, 11) is 0. The lowest BCUT2D eigenvalue weighted by atomic mass is 9.70. The molecule has 11 heavy (non-hydrogen) atoms. The van der Waals surface area contributed by atoms with Crippen LogP contribution < -0.4 is 0 Å². The third-order valence-electron chi connectivity index (χ3n) is 4.19. The summed E-state index contributed by atoms with van der Waals surface area (Å²) in [5, 5.41) is 10.0. The van der Waals surface area contributed by atoms with Gasteiger partial charge in [-0.3, -0.25) is 0 Å². The van der Waals surface area contributed by atoms with Crippen molar-refractivity contribution in [2.24, 2.45) is 16.7 Å². The maximum atomic E-state index is 10.0. The van der Waals surface area contributed by atoms with Crippen molar-refractivity contribution in [3.05, 3.63) is 0 Å². The van der Waals surface area contributed by atoms with Crippen LogP contribution in [0.2, 0.25) is 0 Å². The largest absolute Gasteiger partial charge is 0.392 e. The van der Waals surface area contributed by atoms with Gasteiger partial charge in [0.2, 0.25) is 0 Å². The van der Waals surface area contributed by atoms with Gasteiger partial charge in [-0.25, -0.2) is 0 Å². The van der Waals surface area contributed by atoms with E-state index in [2.05, 4.69) is 20.8 Å². The average molecular weight is 154 g/mol. The lowest BCUT2D eigenvalue weighted by Crippen LogP contribution is -2.39. The summed E-state index contributed by atoms with van der Waals surface area (Å²) in [5.74, 6) is 0.780. The summed E-state index contributed by atoms with van der Waals surface area (Å²) in [5.41, 5.74) is 0.446. The first-order valence-electron chi connectivity index (χ1n) is 4.65. The maximum Gasteiger partial charge on any atom is 0.0647 e. The second-order valence-corrected chi connectivity index (χ2v) is 5.32. The van der Waals surface area contributed by atoms with Gasteiger partial charge < -0.3 is 5.11 Å². The van der Waals surface area contributed by atoms with Crippen LogP contribution in [-0.4, -0.2) is 11.2 Å². The number of hydrogen-bond donors (Lipinski definition) is 1. The smallest absolute Gasteiger partial charge is 0.0647 e. The Kier molecular flexibility index (Phi) is 1.26. The summed E-state index contributed by atoms with van der Waals surface area (Å²) in [4.78, 5) is 0. The van der Waals surface area contributed by atoms with E-state index in [0.717, 1.165) is 5.92 Å². The van der Waals surface area contributed by atoms with Gasteiger partial charge in [0.25, 0.3) is 0 Å². The van der Waals surface area contributed by atoms with Crippen LogP contribution in [0.5, 0.6) is 0 Å². The summed E-state index contributed by atoms with van der Waals surface area (Å²) in [6.07, 6.45) is 3.76. The lowest BCUT2D eigenvalue weighted by molar-refractivity contribution is -0.0340. The van der Waals surface area contributed by atoms with Gasteiger partial charge in [0.05, 0.1) is 6.10 Å². The number of fused-ring (bicyclic) bond motifs is 2. The molecule has 0 aliphatic heterocycles. The normalized spacial score (nSPS) is 53.5. The predicted octanol–water partition coefficient (Wildman–Crippen LogP) is 2.19. The van der Waals surface area contributed by atoms with E-state index in [0.29, 0.717) is 0 Å². The molecule has 2 saturated carbocycles. The molecule has 2 aliphatic carbocycles. The molecule has 2 bridgehead atoms. The molecule has 3 atom stereocenters. The Bertz CT molecular complexity index is 181. The highest BCUT2D eigenvalue weighted by atomic mass is 16.3. The first-order valence-corrected chi connectivity index (χ1v) is 4.65. The molecule has 0 radical (unpaired) electrons. The van der Waals surface area contributed by atoms with Crippen molar-refractivity contribution >= 4 is 0 Å². The van der Waals surface area contributed by atoms with Gasteiger partial charge >= 0.3 is 0 Å². The zero-order valence-electron chi connectivity index (χ0n) is 7.72. The highest BCUT2D eigenvalue weighted by Crippen LogP contribution is 2.62. The van der Waals surface area contributed by atoms with E-state index in [-0.39, 0.29) is 16.9 Å². The van der Waals surface area contributed by atoms with Gasteiger partial charge in [0.1, 0.15) is 0 Å². The molecule has 0 aromatic heterocycles. The third-order valence-corrected chi connectivity index (χ3v) is 4.19. The van der Waals surface area contributed by atoms with Crippen LogP contribution in [0.3, 0.4) is 0 Å². The minimum atomic E-state index is -0.0613. The molecule has 2 aliphatic rings. The Morgan fingerprint density at radius 2 is 1.91 bits per heavy atom. The second-order valence-electron chi connectivity index (χ2n) is 5.32. The minimum Gasteiger partial charge on any atom is -0.392 e. The number of hydrogen-bond acceptors (Lipinski definition) is 1. The lowest BCUT2D eigenvalue weighted by Gasteiger charge is -2.38. The van der Waals surface area contributed by atoms with E-state index in [1.807, 2.05) is 0 Å². The van der Waals surface area contributed by atoms with Gasteiger partial charge in [-0.05, 0) is 36.0 Å². The number of rotatable bonds is 0. The quantitative estimate of drug-likeness (QED) is 0.567. The molecule has 1 heteroatoms. The molecule has 0 saturated heterocycles. The molecule has 64 valence electrons. The van der Waals surface area contributed by atoms with Crippen molar-refractivity contribution in [3.8, 4) is 0 Å². The summed E-state index contributed by atoms with van der Waals surface area (Å²) in [6.45, 7) is 6.67. The summed E-state index contributed by atoms with van der Waals surface area (Å²) in [6, 6.07) is 0. The fourth-order valence-corrected chi connectivity index (χ4v) is 3.28. The maximum absolute atomic E-state index is 10.0. The molecule has 0 heterocycles. The summed E-state index contributed by atoms with van der Waals surface area (Å²) < 4.78 is 0. The van der Waals surface area contributed by atoms with E-state index >= 15 is 0 Å². The number of aliphatic hydroxyl groups excluding tert-OH is 1. The Hall–Kier alpha value is -0.0400. The molecule has 0 amide bonds. The molecular weight excluding hydrogens is 136 g/mol.